The van der Waals surface area contributed by atoms with Gasteiger partial charge < -0.3 is 0 Å². The molecule has 0 heterocycles. The summed E-state index contributed by atoms with van der Waals surface area (Å²) in [6, 6.07) is 18.2. The fourth-order valence-electron chi connectivity index (χ4n) is 3.85. The maximum atomic E-state index is 2.36. The molecule has 0 fully saturated rings. The highest BCUT2D eigenvalue weighted by Gasteiger charge is 2.33. The molecule has 0 bridgehead atoms. The van der Waals surface area contributed by atoms with E-state index in [-0.39, 0.29) is 5.41 Å². The minimum atomic E-state index is 0.0572. The first-order valence-corrected chi connectivity index (χ1v) is 10.6. The molecule has 3 aromatic carbocycles. The summed E-state index contributed by atoms with van der Waals surface area (Å²) in [5.41, 5.74) is 8.45. The van der Waals surface area contributed by atoms with Crippen LogP contribution >= 0.6 is 0 Å². The van der Waals surface area contributed by atoms with Crippen LogP contribution in [0, 0.1) is 13.8 Å². The average molecular weight is 363 g/mol. The molecule has 3 aromatic rings. The van der Waals surface area contributed by atoms with E-state index < -0.39 is 0 Å². The third kappa shape index (κ3) is 3.95. The maximum absolute atomic E-state index is 2.36. The van der Waals surface area contributed by atoms with Crippen LogP contribution in [0.1, 0.15) is 77.6 Å². The summed E-state index contributed by atoms with van der Waals surface area (Å²) in [6.07, 6.45) is 0. The molecule has 0 N–H and O–H groups in total. The van der Waals surface area contributed by atoms with Crippen LogP contribution in [0.4, 0.5) is 0 Å². The van der Waals surface area contributed by atoms with Gasteiger partial charge in [-0.05, 0) is 52.4 Å². The summed E-state index contributed by atoms with van der Waals surface area (Å²) in [5.74, 6) is 0. The van der Waals surface area contributed by atoms with E-state index in [0.717, 1.165) is 0 Å². The zero-order valence-electron chi connectivity index (χ0n) is 19.1. The molecule has 0 amide bonds. The van der Waals surface area contributed by atoms with Crippen LogP contribution in [-0.4, -0.2) is 0 Å². The number of fused-ring (bicyclic) bond motifs is 2. The molecular weight excluding hydrogens is 324 g/mol. The molecule has 0 spiro atoms. The van der Waals surface area contributed by atoms with Crippen molar-refractivity contribution < 1.29 is 0 Å². The standard InChI is InChI=1S/C21H20.3C2H6/c1-13-8-10-16-17-11-9-14(2)15-6-5-7-18(20(15)17)21(3,4)19(16)12-13;3*1-2/h5-12H,1-4H3;3*1-2H3. The lowest BCUT2D eigenvalue weighted by molar-refractivity contribution is 0.644. The summed E-state index contributed by atoms with van der Waals surface area (Å²) in [5, 5.41) is 2.84. The van der Waals surface area contributed by atoms with Crippen LogP contribution in [0.2, 0.25) is 0 Å². The summed E-state index contributed by atoms with van der Waals surface area (Å²) in [7, 11) is 0. The highest BCUT2D eigenvalue weighted by atomic mass is 14.4. The van der Waals surface area contributed by atoms with E-state index in [4.69, 9.17) is 0 Å². The summed E-state index contributed by atoms with van der Waals surface area (Å²) in [6.45, 7) is 21.1. The quantitative estimate of drug-likeness (QED) is 0.374. The van der Waals surface area contributed by atoms with Crippen molar-refractivity contribution in [3.05, 3.63) is 70.8 Å². The second kappa shape index (κ2) is 9.74. The largest absolute Gasteiger partial charge is 0.0683 e. The fourth-order valence-corrected chi connectivity index (χ4v) is 3.85. The molecular formula is C27H38. The van der Waals surface area contributed by atoms with Gasteiger partial charge in [-0.3, -0.25) is 0 Å². The van der Waals surface area contributed by atoms with E-state index in [1.165, 1.54) is 44.2 Å². The predicted molar refractivity (Wildman–Crippen MR) is 125 cm³/mol. The van der Waals surface area contributed by atoms with Gasteiger partial charge >= 0.3 is 0 Å². The molecule has 0 unspecified atom stereocenters. The van der Waals surface area contributed by atoms with Crippen molar-refractivity contribution in [3.63, 3.8) is 0 Å². The molecule has 0 saturated heterocycles. The first kappa shape index (κ1) is 23.0. The Bertz CT molecular complexity index is 882. The van der Waals surface area contributed by atoms with E-state index in [1.807, 2.05) is 41.5 Å². The van der Waals surface area contributed by atoms with Gasteiger partial charge in [-0.25, -0.2) is 0 Å². The second-order valence-corrected chi connectivity index (χ2v) is 6.83. The van der Waals surface area contributed by atoms with E-state index in [9.17, 15) is 0 Å². The van der Waals surface area contributed by atoms with Crippen LogP contribution in [0.5, 0.6) is 0 Å². The zero-order chi connectivity index (χ0) is 20.8. The lowest BCUT2D eigenvalue weighted by atomic mass is 9.68. The zero-order valence-corrected chi connectivity index (χ0v) is 19.1. The van der Waals surface area contributed by atoms with Crippen molar-refractivity contribution in [1.29, 1.82) is 0 Å². The highest BCUT2D eigenvalue weighted by Crippen LogP contribution is 2.49. The van der Waals surface area contributed by atoms with Gasteiger partial charge in [0.1, 0.15) is 0 Å². The molecule has 4 rings (SSSR count). The molecule has 0 atom stereocenters. The molecule has 0 radical (unpaired) electrons. The second-order valence-electron chi connectivity index (χ2n) is 6.83. The smallest absolute Gasteiger partial charge is 0.0159 e. The van der Waals surface area contributed by atoms with E-state index in [0.29, 0.717) is 0 Å². The lowest BCUT2D eigenvalue weighted by Gasteiger charge is -2.35. The fraction of sp³-hybridized carbons (Fsp3) is 0.407. The Morgan fingerprint density at radius 2 is 1.22 bits per heavy atom. The third-order valence-corrected chi connectivity index (χ3v) is 5.07. The number of benzene rings is 3. The minimum Gasteiger partial charge on any atom is -0.0683 e. The first-order valence-electron chi connectivity index (χ1n) is 10.6. The van der Waals surface area contributed by atoms with Gasteiger partial charge in [-0.2, -0.15) is 0 Å². The molecule has 0 aromatic heterocycles. The van der Waals surface area contributed by atoms with Crippen LogP contribution in [-0.2, 0) is 5.41 Å². The Morgan fingerprint density at radius 1 is 0.630 bits per heavy atom. The highest BCUT2D eigenvalue weighted by molar-refractivity contribution is 6.04. The molecule has 1 aliphatic carbocycles. The van der Waals surface area contributed by atoms with Gasteiger partial charge in [0.15, 0.2) is 0 Å². The molecule has 146 valence electrons. The Morgan fingerprint density at radius 3 is 1.85 bits per heavy atom. The topological polar surface area (TPSA) is 0 Å². The van der Waals surface area contributed by atoms with Gasteiger partial charge in [-0.1, -0.05) is 109 Å². The molecule has 27 heavy (non-hydrogen) atoms. The van der Waals surface area contributed by atoms with E-state index in [2.05, 4.69) is 76.2 Å². The minimum absolute atomic E-state index is 0.0572. The Hall–Kier alpha value is -2.08. The van der Waals surface area contributed by atoms with Gasteiger partial charge in [0.2, 0.25) is 0 Å². The van der Waals surface area contributed by atoms with Crippen molar-refractivity contribution in [2.24, 2.45) is 0 Å². The Balaban J connectivity index is 0.000000556. The average Bonchev–Trinajstić information content (AvgIpc) is 2.72. The van der Waals surface area contributed by atoms with Crippen LogP contribution in [0.25, 0.3) is 21.9 Å². The van der Waals surface area contributed by atoms with Gasteiger partial charge in [0.05, 0.1) is 0 Å². The predicted octanol–water partition coefficient (Wildman–Crippen LogP) is 8.84. The summed E-state index contributed by atoms with van der Waals surface area (Å²) in [4.78, 5) is 0. The molecule has 0 nitrogen and oxygen atoms in total. The maximum Gasteiger partial charge on any atom is 0.0159 e. The van der Waals surface area contributed by atoms with Crippen LogP contribution in [0.3, 0.4) is 0 Å². The Labute approximate surface area is 167 Å². The third-order valence-electron chi connectivity index (χ3n) is 5.07. The van der Waals surface area contributed by atoms with Crippen LogP contribution < -0.4 is 0 Å². The number of hydrogen-bond donors (Lipinski definition) is 0. The summed E-state index contributed by atoms with van der Waals surface area (Å²) >= 11 is 0. The van der Waals surface area contributed by atoms with Gasteiger partial charge in [0, 0.05) is 5.41 Å². The number of rotatable bonds is 0. The van der Waals surface area contributed by atoms with Gasteiger partial charge in [0.25, 0.3) is 0 Å². The summed E-state index contributed by atoms with van der Waals surface area (Å²) < 4.78 is 0. The monoisotopic (exact) mass is 362 g/mol. The molecule has 0 aliphatic heterocycles. The normalized spacial score (nSPS) is 12.4. The van der Waals surface area contributed by atoms with Crippen molar-refractivity contribution >= 4 is 10.8 Å². The molecule has 1 aliphatic rings. The molecule has 0 heteroatoms. The van der Waals surface area contributed by atoms with Gasteiger partial charge in [-0.15, -0.1) is 0 Å². The number of aryl methyl sites for hydroxylation is 2. The van der Waals surface area contributed by atoms with Crippen molar-refractivity contribution in [3.8, 4) is 11.1 Å². The SMILES string of the molecule is CC.CC.CC.Cc1ccc2c(c1)C(C)(C)c1cccc3c(C)ccc-2c13. The van der Waals surface area contributed by atoms with E-state index >= 15 is 0 Å². The first-order chi connectivity index (χ1) is 13.0. The van der Waals surface area contributed by atoms with Crippen LogP contribution in [0.15, 0.2) is 48.5 Å². The lowest BCUT2D eigenvalue weighted by Crippen LogP contribution is -2.23. The van der Waals surface area contributed by atoms with Crippen molar-refractivity contribution in [2.45, 2.75) is 74.7 Å². The molecule has 0 saturated carbocycles. The van der Waals surface area contributed by atoms with E-state index in [1.54, 1.807) is 0 Å². The van der Waals surface area contributed by atoms with Crippen molar-refractivity contribution in [2.75, 3.05) is 0 Å². The number of hydrogen-bond acceptors (Lipinski definition) is 0. The van der Waals surface area contributed by atoms with Crippen molar-refractivity contribution in [1.82, 2.24) is 0 Å². The Kier molecular flexibility index (Phi) is 8.28.